The number of carbonyl (C=O) groups excluding carboxylic acids is 1. The third-order valence-electron chi connectivity index (χ3n) is 2.36. The van der Waals surface area contributed by atoms with Gasteiger partial charge in [0, 0.05) is 23.3 Å². The van der Waals surface area contributed by atoms with E-state index in [4.69, 9.17) is 16.0 Å². The molecule has 0 saturated carbocycles. The van der Waals surface area contributed by atoms with Crippen molar-refractivity contribution in [3.05, 3.63) is 75.8 Å². The number of hydrogen-bond acceptors (Lipinski definition) is 4. The minimum atomic E-state index is -5.12. The van der Waals surface area contributed by atoms with Gasteiger partial charge in [0.25, 0.3) is 5.69 Å². The van der Waals surface area contributed by atoms with E-state index in [2.05, 4.69) is 0 Å². The molecule has 9 heteroatoms. The summed E-state index contributed by atoms with van der Waals surface area (Å²) in [6.07, 6.45) is 0. The first-order chi connectivity index (χ1) is 10.2. The van der Waals surface area contributed by atoms with Crippen molar-refractivity contribution in [2.75, 3.05) is 0 Å². The van der Waals surface area contributed by atoms with Crippen LogP contribution in [-0.2, 0) is 3.74 Å². The predicted octanol–water partition coefficient (Wildman–Crippen LogP) is 0.655. The van der Waals surface area contributed by atoms with Gasteiger partial charge in [0.05, 0.1) is 4.92 Å². The van der Waals surface area contributed by atoms with Crippen molar-refractivity contribution in [1.29, 1.82) is 0 Å². The van der Waals surface area contributed by atoms with Gasteiger partial charge in [-0.3, -0.25) is 14.9 Å². The summed E-state index contributed by atoms with van der Waals surface area (Å²) in [7, 11) is 0. The number of nitro benzene ring substituents is 1. The van der Waals surface area contributed by atoms with Gasteiger partial charge in [-0.25, -0.2) is 0 Å². The van der Waals surface area contributed by atoms with Gasteiger partial charge in [-0.1, -0.05) is 42.5 Å². The first kappa shape index (κ1) is 17.8. The fraction of sp³-hybridized carbons (Fsp3) is 0. The van der Waals surface area contributed by atoms with Crippen LogP contribution in [0, 0.1) is 10.1 Å². The molecule has 2 aromatic carbocycles. The van der Waals surface area contributed by atoms with Crippen LogP contribution in [0.1, 0.15) is 15.9 Å². The van der Waals surface area contributed by atoms with Crippen molar-refractivity contribution >= 4 is 26.0 Å². The van der Waals surface area contributed by atoms with Crippen LogP contribution in [0.4, 0.5) is 5.69 Å². The van der Waals surface area contributed by atoms with Crippen molar-refractivity contribution < 1.29 is 25.7 Å². The third kappa shape index (κ3) is 6.47. The number of benzene rings is 2. The quantitative estimate of drug-likeness (QED) is 0.313. The molecule has 0 aliphatic heterocycles. The zero-order chi connectivity index (χ0) is 16.8. The first-order valence-corrected chi connectivity index (χ1v) is 9.09. The Kier molecular flexibility index (Phi) is 6.21. The fourth-order valence-electron chi connectivity index (χ4n) is 1.52. The van der Waals surface area contributed by atoms with Gasteiger partial charge in [0.1, 0.15) is 0 Å². The number of hydrogen-bond donors (Lipinski definition) is 3. The Balaban J connectivity index is 0.000000422. The summed E-state index contributed by atoms with van der Waals surface area (Å²) in [5, 5.41) is 10.6. The number of non-ortho nitro benzene ring substituents is 1. The van der Waals surface area contributed by atoms with Crippen molar-refractivity contribution in [2.45, 2.75) is 0 Å². The van der Waals surface area contributed by atoms with E-state index in [9.17, 15) is 14.9 Å². The second-order valence-corrected chi connectivity index (χ2v) is 6.17. The van der Waals surface area contributed by atoms with Crippen LogP contribution in [0.5, 0.6) is 0 Å². The Hall–Kier alpha value is -2.25. The summed E-state index contributed by atoms with van der Waals surface area (Å²) in [6.45, 7) is 0. The average Bonchev–Trinajstić information content (AvgIpc) is 2.46. The van der Waals surface area contributed by atoms with E-state index in [0.717, 1.165) is 0 Å². The molecule has 0 saturated heterocycles. The molecule has 0 aliphatic carbocycles. The average molecular weight is 369 g/mol. The van der Waals surface area contributed by atoms with Gasteiger partial charge in [-0.15, -0.1) is 0 Å². The van der Waals surface area contributed by atoms with E-state index in [1.54, 1.807) is 30.3 Å². The molecule has 0 amide bonds. The Bertz CT molecular complexity index is 703. The van der Waals surface area contributed by atoms with Crippen molar-refractivity contribution in [2.24, 2.45) is 0 Å². The summed E-state index contributed by atoms with van der Waals surface area (Å²) in [5.74, 6) is -0.214. The predicted molar refractivity (Wildman–Crippen MR) is 76.1 cm³/mol. The Morgan fingerprint density at radius 2 is 1.45 bits per heavy atom. The molecule has 2 aromatic rings. The van der Waals surface area contributed by atoms with E-state index >= 15 is 0 Å². The van der Waals surface area contributed by atoms with E-state index in [-0.39, 0.29) is 11.5 Å². The van der Waals surface area contributed by atoms with Gasteiger partial charge >= 0.3 is 30.5 Å². The van der Waals surface area contributed by atoms with Gasteiger partial charge in [-0.2, -0.15) is 0 Å². The Morgan fingerprint density at radius 1 is 0.955 bits per heavy atom. The first-order valence-electron chi connectivity index (χ1n) is 5.81. The molecule has 8 nitrogen and oxygen atoms in total. The molecule has 0 unspecified atom stereocenters. The molecule has 0 aromatic heterocycles. The molecule has 0 bridgehead atoms. The monoisotopic (exact) mass is 369 g/mol. The normalized spacial score (nSPS) is 10.3. The summed E-state index contributed by atoms with van der Waals surface area (Å²) >= 11 is -5.12. The van der Waals surface area contributed by atoms with E-state index in [0.29, 0.717) is 11.1 Å². The number of carbonyl (C=O) groups is 1. The number of ketones is 1. The second-order valence-electron chi connectivity index (χ2n) is 4.02. The number of nitrogens with zero attached hydrogens (tertiary/aromatic N) is 1. The fourth-order valence-corrected chi connectivity index (χ4v) is 1.52. The number of nitro groups is 1. The molecule has 0 atom stereocenters. The van der Waals surface area contributed by atoms with Gasteiger partial charge in [0.15, 0.2) is 5.78 Å². The summed E-state index contributed by atoms with van der Waals surface area (Å²) in [4.78, 5) is 22.1. The Morgan fingerprint density at radius 3 is 1.95 bits per heavy atom. The molecule has 116 valence electrons. The summed E-state index contributed by atoms with van der Waals surface area (Å²) < 4.78 is 30.7. The maximum atomic E-state index is 12.0. The van der Waals surface area contributed by atoms with Crippen LogP contribution >= 0.6 is 0 Å². The third-order valence-corrected chi connectivity index (χ3v) is 2.36. The van der Waals surface area contributed by atoms with Crippen LogP contribution in [0.3, 0.4) is 0 Å². The van der Waals surface area contributed by atoms with Gasteiger partial charge in [-0.05, 0) is 0 Å². The molecule has 3 N–H and O–H groups in total. The van der Waals surface area contributed by atoms with Gasteiger partial charge in [0.2, 0.25) is 0 Å². The van der Waals surface area contributed by atoms with Crippen molar-refractivity contribution in [3.63, 3.8) is 0 Å². The molecule has 0 heterocycles. The maximum absolute atomic E-state index is 12.0. The number of rotatable bonds is 3. The standard InChI is InChI=1S/C13H9NO3.AsH3O4/c15-13(10-5-2-1-3-6-10)11-7-4-8-12(9-11)14(16)17;2-1(3,4)5/h1-9H;(H3,2,3,4,5). The van der Waals surface area contributed by atoms with E-state index < -0.39 is 19.4 Å². The molecule has 0 spiro atoms. The van der Waals surface area contributed by atoms with E-state index in [1.165, 1.54) is 18.2 Å². The van der Waals surface area contributed by atoms with Crippen molar-refractivity contribution in [3.8, 4) is 0 Å². The molecule has 0 radical (unpaired) electrons. The molecular formula is C13H12AsNO7. The molecule has 22 heavy (non-hydrogen) atoms. The van der Waals surface area contributed by atoms with Crippen molar-refractivity contribution in [1.82, 2.24) is 0 Å². The van der Waals surface area contributed by atoms with Crippen LogP contribution < -0.4 is 0 Å². The van der Waals surface area contributed by atoms with Crippen LogP contribution in [0.25, 0.3) is 0 Å². The zero-order valence-corrected chi connectivity index (χ0v) is 12.9. The summed E-state index contributed by atoms with van der Waals surface area (Å²) in [5.41, 5.74) is 0.769. The molecule has 0 fully saturated rings. The van der Waals surface area contributed by atoms with E-state index in [1.807, 2.05) is 6.07 Å². The minimum absolute atomic E-state index is 0.0771. The van der Waals surface area contributed by atoms with Gasteiger partial charge < -0.3 is 0 Å². The summed E-state index contributed by atoms with van der Waals surface area (Å²) in [6, 6.07) is 14.4. The SMILES string of the molecule is O=C(c1ccccc1)c1cccc([N+](=O)[O-])c1.O=[As](O)(O)O. The van der Waals surface area contributed by atoms with Crippen LogP contribution in [-0.4, -0.2) is 37.5 Å². The molecule has 2 rings (SSSR count). The molecular weight excluding hydrogens is 357 g/mol. The zero-order valence-electron chi connectivity index (χ0n) is 11.1. The Labute approximate surface area is 128 Å². The molecule has 0 aliphatic rings. The van der Waals surface area contributed by atoms with Crippen LogP contribution in [0.15, 0.2) is 54.6 Å². The second kappa shape index (κ2) is 7.67. The topological polar surface area (TPSA) is 138 Å². The van der Waals surface area contributed by atoms with Crippen LogP contribution in [0.2, 0.25) is 0 Å².